The van der Waals surface area contributed by atoms with Crippen LogP contribution in [-0.4, -0.2) is 173 Å². The number of hydrogen-bond donors (Lipinski definition) is 10. The fourth-order valence-corrected chi connectivity index (χ4v) is 10.6. The Labute approximate surface area is 537 Å². The number of aromatic hydroxyl groups is 1. The van der Waals surface area contributed by atoms with Crippen LogP contribution in [0.25, 0.3) is 21.8 Å². The van der Waals surface area contributed by atoms with Gasteiger partial charge >= 0.3 is 30.3 Å². The summed E-state index contributed by atoms with van der Waals surface area (Å²) in [6, 6.07) is 18.5. The molecule has 4 heterocycles. The lowest BCUT2D eigenvalue weighted by atomic mass is 9.92. The van der Waals surface area contributed by atoms with Gasteiger partial charge in [0.05, 0.1) is 24.1 Å². The number of nitrogens with one attached hydrogen (secondary N) is 7. The van der Waals surface area contributed by atoms with E-state index in [4.69, 9.17) is 37.3 Å². The van der Waals surface area contributed by atoms with Gasteiger partial charge in [0.25, 0.3) is 23.6 Å². The number of ether oxygens (including phenoxy) is 3. The van der Waals surface area contributed by atoms with E-state index in [-0.39, 0.29) is 107 Å². The summed E-state index contributed by atoms with van der Waals surface area (Å²) in [4.78, 5) is 155. The highest BCUT2D eigenvalue weighted by molar-refractivity contribution is 6.20. The van der Waals surface area contributed by atoms with Gasteiger partial charge in [0.1, 0.15) is 48.1 Å². The number of pyridine rings is 1. The van der Waals surface area contributed by atoms with E-state index in [2.05, 4.69) is 41.9 Å². The van der Waals surface area contributed by atoms with Gasteiger partial charge in [-0.2, -0.15) is 0 Å². The van der Waals surface area contributed by atoms with Crippen molar-refractivity contribution in [3.05, 3.63) is 131 Å². The first-order valence-electron chi connectivity index (χ1n) is 29.6. The molecule has 29 nitrogen and oxygen atoms in total. The standard InChI is InChI=1S/C63H71ClN14O15/c1-35(2)53(74-61(88)91-27-26-77-49(80)19-20-50(77)81)57(84)73-45(10-6-21-67-59(65)86)56(83)70-41-15-11-37(12-16-41)34-92-62(89)75(4)24-25-76(23-7-22-68-60(66)87)63(90)93-48-30-47-52(51-36(3)8-5-9-44(48)51)40(31-64)33-78(47)58(85)46-29-39-28-42(32-69-54(39)72-46)71-55(82)38-13-17-43(79)18-14-38/h5,8-9,11-20,28-30,32,35,40,45,53,79H,6-7,10,21-27,31,33-34H2,1-4H3,(H,69,72)(H,70,83)(H,71,82)(H,73,84)(H,74,88)(H3,65,67,86)(H3,66,68,87)/t40-,45+,53+/m1/s1. The molecule has 6 aromatic rings. The zero-order valence-electron chi connectivity index (χ0n) is 51.2. The topological polar surface area (TPSA) is 402 Å². The molecule has 0 unspecified atom stereocenters. The van der Waals surface area contributed by atoms with Crippen molar-refractivity contribution < 1.29 is 72.1 Å². The Hall–Kier alpha value is -11.0. The number of nitrogens with zero attached hydrogens (tertiary/aromatic N) is 5. The van der Waals surface area contributed by atoms with Crippen LogP contribution in [0.5, 0.6) is 11.5 Å². The number of urea groups is 2. The van der Waals surface area contributed by atoms with Gasteiger partial charge < -0.3 is 82.4 Å². The van der Waals surface area contributed by atoms with Crippen molar-refractivity contribution in [1.29, 1.82) is 0 Å². The number of fused-ring (bicyclic) bond motifs is 4. The van der Waals surface area contributed by atoms with Gasteiger partial charge in [0.2, 0.25) is 11.8 Å². The number of H-pyrrole nitrogens is 1. The van der Waals surface area contributed by atoms with Gasteiger partial charge in [-0.25, -0.2) is 29.0 Å². The summed E-state index contributed by atoms with van der Waals surface area (Å²) in [6.45, 7) is 4.76. The minimum absolute atomic E-state index is 0.0124. The van der Waals surface area contributed by atoms with E-state index >= 15 is 0 Å². The third kappa shape index (κ3) is 17.7. The first-order chi connectivity index (χ1) is 44.5. The van der Waals surface area contributed by atoms with Crippen LogP contribution < -0.4 is 53.0 Å². The fourth-order valence-electron chi connectivity index (χ4n) is 10.3. The number of alkyl halides is 1. The minimum atomic E-state index is -1.19. The summed E-state index contributed by atoms with van der Waals surface area (Å²) in [5.74, 6) is -3.87. The van der Waals surface area contributed by atoms with E-state index in [0.29, 0.717) is 44.6 Å². The summed E-state index contributed by atoms with van der Waals surface area (Å²) in [5.41, 5.74) is 14.7. The van der Waals surface area contributed by atoms with Crippen molar-refractivity contribution in [3.8, 4) is 11.5 Å². The van der Waals surface area contributed by atoms with Crippen molar-refractivity contribution in [3.63, 3.8) is 0 Å². The Morgan fingerprint density at radius 1 is 0.806 bits per heavy atom. The molecular weight excluding hydrogens is 1230 g/mol. The van der Waals surface area contributed by atoms with Crippen molar-refractivity contribution in [1.82, 2.24) is 45.9 Å². The van der Waals surface area contributed by atoms with Gasteiger partial charge in [0, 0.05) is 98.4 Å². The number of anilines is 3. The lowest BCUT2D eigenvalue weighted by Crippen LogP contribution is -2.54. The molecule has 0 saturated heterocycles. The Morgan fingerprint density at radius 2 is 1.51 bits per heavy atom. The molecule has 8 rings (SSSR count). The summed E-state index contributed by atoms with van der Waals surface area (Å²) < 4.78 is 17.0. The predicted octanol–water partition coefficient (Wildman–Crippen LogP) is 5.64. The van der Waals surface area contributed by atoms with Crippen molar-refractivity contribution in [2.75, 3.05) is 80.9 Å². The second-order valence-corrected chi connectivity index (χ2v) is 22.5. The minimum Gasteiger partial charge on any atom is -0.508 e. The molecular formula is C63H71ClN14O15. The summed E-state index contributed by atoms with van der Waals surface area (Å²) in [5, 5.41) is 27.1. The number of aromatic nitrogens is 2. The zero-order valence-corrected chi connectivity index (χ0v) is 52.0. The number of likely N-dealkylation sites (N-methyl/N-ethyl adjacent to an activating group) is 1. The van der Waals surface area contributed by atoms with Crippen LogP contribution in [0.2, 0.25) is 0 Å². The van der Waals surface area contributed by atoms with Gasteiger partial charge in [0.15, 0.2) is 0 Å². The highest BCUT2D eigenvalue weighted by Crippen LogP contribution is 2.47. The third-order valence-corrected chi connectivity index (χ3v) is 15.6. The van der Waals surface area contributed by atoms with Gasteiger partial charge in [-0.1, -0.05) is 44.2 Å². The Bertz CT molecular complexity index is 3840. The zero-order chi connectivity index (χ0) is 67.0. The maximum absolute atomic E-state index is 14.6. The molecule has 0 spiro atoms. The molecule has 0 bridgehead atoms. The molecule has 2 aliphatic heterocycles. The van der Waals surface area contributed by atoms with E-state index < -0.39 is 83.8 Å². The summed E-state index contributed by atoms with van der Waals surface area (Å²) in [6.07, 6.45) is 1.55. The van der Waals surface area contributed by atoms with Crippen molar-refractivity contribution in [2.45, 2.75) is 64.6 Å². The maximum Gasteiger partial charge on any atom is 0.415 e. The van der Waals surface area contributed by atoms with E-state index in [1.807, 2.05) is 19.1 Å². The largest absolute Gasteiger partial charge is 0.508 e. The quantitative estimate of drug-likeness (QED) is 0.0169. The number of halogens is 1. The predicted molar refractivity (Wildman–Crippen MR) is 341 cm³/mol. The number of imide groups is 1. The van der Waals surface area contributed by atoms with Crippen LogP contribution in [0, 0.1) is 12.8 Å². The molecule has 93 heavy (non-hydrogen) atoms. The molecule has 4 aromatic carbocycles. The number of carbonyl (C=O) groups is 11. The number of rotatable bonds is 27. The number of carbonyl (C=O) groups excluding carboxylic acids is 11. The summed E-state index contributed by atoms with van der Waals surface area (Å²) >= 11 is 6.65. The van der Waals surface area contributed by atoms with Crippen LogP contribution >= 0.6 is 11.6 Å². The van der Waals surface area contributed by atoms with Crippen LogP contribution in [0.1, 0.15) is 76.6 Å². The second-order valence-electron chi connectivity index (χ2n) is 22.2. The highest BCUT2D eigenvalue weighted by atomic mass is 35.5. The molecule has 0 saturated carbocycles. The number of nitrogens with two attached hydrogens (primary N) is 2. The van der Waals surface area contributed by atoms with Crippen LogP contribution in [0.15, 0.2) is 103 Å². The van der Waals surface area contributed by atoms with E-state index in [9.17, 15) is 57.8 Å². The molecule has 0 aliphatic carbocycles. The van der Waals surface area contributed by atoms with Crippen molar-refractivity contribution >= 4 is 116 Å². The van der Waals surface area contributed by atoms with Crippen LogP contribution in [-0.2, 0) is 35.3 Å². The van der Waals surface area contributed by atoms with Crippen molar-refractivity contribution in [2.24, 2.45) is 17.4 Å². The molecule has 30 heteroatoms. The average Bonchev–Trinajstić information content (AvgIpc) is 1.63. The van der Waals surface area contributed by atoms with Gasteiger partial charge in [-0.05, 0) is 103 Å². The SMILES string of the molecule is Cc1cccc2c(OC(=O)N(CCCNC(N)=O)CCN(C)C(=O)OCc3ccc(NC(=O)[C@H](CCCNC(N)=O)NC(=O)[C@@H](NC(=O)OCCN4C(=O)C=CC4=O)C(C)C)cc3)cc3c(c12)[C@H](CCl)CN3C(=O)c1cc2cc(NC(=O)c3ccc(O)cc3)cnc2[nH]1. The number of aromatic amines is 1. The first kappa shape index (κ1) is 68.0. The Balaban J connectivity index is 0.895. The van der Waals surface area contributed by atoms with E-state index in [1.54, 1.807) is 67.3 Å². The molecule has 3 atom stereocenters. The van der Waals surface area contributed by atoms with Gasteiger partial charge in [-0.15, -0.1) is 11.6 Å². The fraction of sp³-hybridized carbons (Fsp3) is 0.333. The summed E-state index contributed by atoms with van der Waals surface area (Å²) in [7, 11) is 1.47. The average molecular weight is 1300 g/mol. The number of alkyl carbamates (subject to hydrolysis) is 1. The Kier molecular flexibility index (Phi) is 22.8. The van der Waals surface area contributed by atoms with Gasteiger partial charge in [-0.3, -0.25) is 33.7 Å². The molecule has 12 N–H and O–H groups in total. The number of phenolic OH excluding ortho intramolecular Hbond substituents is 1. The number of primary amides is 2. The number of hydrogen-bond acceptors (Lipinski definition) is 16. The van der Waals surface area contributed by atoms with E-state index in [0.717, 1.165) is 33.6 Å². The normalized spacial score (nSPS) is 13.8. The maximum atomic E-state index is 14.6. The number of benzene rings is 4. The third-order valence-electron chi connectivity index (χ3n) is 15.2. The molecule has 0 radical (unpaired) electrons. The number of phenols is 1. The lowest BCUT2D eigenvalue weighted by molar-refractivity contribution is -0.137. The molecule has 2 aromatic heterocycles. The molecule has 13 amide bonds. The smallest absolute Gasteiger partial charge is 0.415 e. The number of amides is 13. The van der Waals surface area contributed by atoms with Crippen LogP contribution in [0.4, 0.5) is 41.0 Å². The molecule has 0 fully saturated rings. The lowest BCUT2D eigenvalue weighted by Gasteiger charge is -2.26. The molecule has 490 valence electrons. The monoisotopic (exact) mass is 1300 g/mol. The highest BCUT2D eigenvalue weighted by Gasteiger charge is 2.37. The number of aryl methyl sites for hydroxylation is 1. The Morgan fingerprint density at radius 3 is 2.18 bits per heavy atom. The first-order valence-corrected chi connectivity index (χ1v) is 30.1. The molecule has 2 aliphatic rings. The van der Waals surface area contributed by atoms with E-state index in [1.165, 1.54) is 47.3 Å². The van der Waals surface area contributed by atoms with Crippen LogP contribution in [0.3, 0.4) is 0 Å². The second kappa shape index (κ2) is 31.2.